The van der Waals surface area contributed by atoms with Crippen molar-refractivity contribution in [2.24, 2.45) is 0 Å². The summed E-state index contributed by atoms with van der Waals surface area (Å²) in [6.07, 6.45) is 3.42. The Kier molecular flexibility index (Phi) is 5.49. The number of hydrogen-bond donors (Lipinski definition) is 0. The smallest absolute Gasteiger partial charge is 0.153 e. The quantitative estimate of drug-likeness (QED) is 0.383. The third-order valence-electron chi connectivity index (χ3n) is 4.91. The number of aromatic nitrogens is 1. The third-order valence-corrected chi connectivity index (χ3v) is 5.40. The number of carboxylic acid groups (broad SMARTS) is 1. The number of carboxylic acids is 1. The first kappa shape index (κ1) is 19.4. The Hall–Kier alpha value is -2.92. The fourth-order valence-electron chi connectivity index (χ4n) is 3.34. The maximum Gasteiger partial charge on any atom is 0.153 e. The minimum absolute atomic E-state index is 0.0875. The topological polar surface area (TPSA) is 66.2 Å². The lowest BCUT2D eigenvalue weighted by Crippen LogP contribution is -2.22. The predicted octanol–water partition coefficient (Wildman–Crippen LogP) is 5.63. The molecule has 4 rings (SSSR count). The molecule has 0 atom stereocenters. The van der Waals surface area contributed by atoms with E-state index in [1.807, 2.05) is 30.3 Å². The molecule has 0 radical (unpaired) electrons. The van der Waals surface area contributed by atoms with Crippen LogP contribution in [0.3, 0.4) is 0 Å². The van der Waals surface area contributed by atoms with Crippen LogP contribution in [0, 0.1) is 0 Å². The highest BCUT2D eigenvalue weighted by Crippen LogP contribution is 2.31. The number of hydrogen-bond acceptors (Lipinski definition) is 4. The van der Waals surface area contributed by atoms with Crippen molar-refractivity contribution < 1.29 is 14.3 Å². The molecule has 5 heteroatoms. The summed E-state index contributed by atoms with van der Waals surface area (Å²) in [5.74, 6) is -0.0108. The standard InChI is InChI=1S/C24H20BrNO3/c1-2-3-4-15-5-7-16(8-6-15)22-11-12-23(29-22)21-14-19(24(27)28)18-13-17(25)9-10-20(18)26-21/h5-14H,2-4H2,1H3,(H,27,28)/p-1. The molecule has 2 aromatic carbocycles. The van der Waals surface area contributed by atoms with E-state index in [-0.39, 0.29) is 5.56 Å². The number of aryl methyl sites for hydroxylation is 1. The van der Waals surface area contributed by atoms with E-state index in [2.05, 4.69) is 40.0 Å². The lowest BCUT2D eigenvalue weighted by molar-refractivity contribution is -0.254. The molecule has 0 aliphatic rings. The van der Waals surface area contributed by atoms with Crippen LogP contribution in [0.2, 0.25) is 0 Å². The van der Waals surface area contributed by atoms with Crippen LogP contribution in [0.1, 0.15) is 35.7 Å². The van der Waals surface area contributed by atoms with E-state index in [0.29, 0.717) is 22.4 Å². The Morgan fingerprint density at radius 1 is 1.03 bits per heavy atom. The molecule has 0 N–H and O–H groups in total. The van der Waals surface area contributed by atoms with Crippen LogP contribution in [0.4, 0.5) is 0 Å². The number of rotatable bonds is 6. The van der Waals surface area contributed by atoms with Crippen LogP contribution >= 0.6 is 15.9 Å². The number of unbranched alkanes of at least 4 members (excludes halogenated alkanes) is 1. The van der Waals surface area contributed by atoms with Crippen LogP contribution in [-0.4, -0.2) is 11.0 Å². The second kappa shape index (κ2) is 8.21. The van der Waals surface area contributed by atoms with Gasteiger partial charge in [0.15, 0.2) is 5.76 Å². The van der Waals surface area contributed by atoms with Gasteiger partial charge in [0, 0.05) is 21.0 Å². The molecule has 0 fully saturated rings. The Morgan fingerprint density at radius 2 is 1.79 bits per heavy atom. The van der Waals surface area contributed by atoms with Crippen molar-refractivity contribution in [3.8, 4) is 22.8 Å². The SMILES string of the molecule is CCCCc1ccc(-c2ccc(-c3cc(C(=O)[O-])c4cc(Br)ccc4n3)o2)cc1. The number of nitrogens with zero attached hydrogens (tertiary/aromatic N) is 1. The van der Waals surface area contributed by atoms with E-state index in [1.54, 1.807) is 12.1 Å². The molecule has 0 spiro atoms. The first-order valence-electron chi connectivity index (χ1n) is 9.56. The second-order valence-corrected chi connectivity index (χ2v) is 7.88. The average Bonchev–Trinajstić information content (AvgIpc) is 3.22. The van der Waals surface area contributed by atoms with Crippen molar-refractivity contribution in [2.75, 3.05) is 0 Å². The highest BCUT2D eigenvalue weighted by molar-refractivity contribution is 9.10. The van der Waals surface area contributed by atoms with E-state index in [4.69, 9.17) is 4.42 Å². The molecule has 0 saturated heterocycles. The molecule has 2 aromatic heterocycles. The van der Waals surface area contributed by atoms with E-state index in [9.17, 15) is 9.90 Å². The van der Waals surface area contributed by atoms with Gasteiger partial charge in [0.2, 0.25) is 0 Å². The van der Waals surface area contributed by atoms with Crippen LogP contribution in [0.15, 0.2) is 69.6 Å². The predicted molar refractivity (Wildman–Crippen MR) is 116 cm³/mol. The Labute approximate surface area is 177 Å². The van der Waals surface area contributed by atoms with Crippen molar-refractivity contribution in [1.82, 2.24) is 4.98 Å². The van der Waals surface area contributed by atoms with Gasteiger partial charge >= 0.3 is 0 Å². The molecule has 4 nitrogen and oxygen atoms in total. The summed E-state index contributed by atoms with van der Waals surface area (Å²) < 4.78 is 6.78. The van der Waals surface area contributed by atoms with Crippen molar-refractivity contribution in [1.29, 1.82) is 0 Å². The summed E-state index contributed by atoms with van der Waals surface area (Å²) in [6.45, 7) is 2.18. The summed E-state index contributed by atoms with van der Waals surface area (Å²) in [7, 11) is 0. The number of aromatic carboxylic acids is 1. The van der Waals surface area contributed by atoms with Gasteiger partial charge in [0.05, 0.1) is 11.5 Å². The zero-order chi connectivity index (χ0) is 20.4. The van der Waals surface area contributed by atoms with Gasteiger partial charge in [0.25, 0.3) is 0 Å². The van der Waals surface area contributed by atoms with E-state index >= 15 is 0 Å². The van der Waals surface area contributed by atoms with Gasteiger partial charge in [-0.25, -0.2) is 4.98 Å². The van der Waals surface area contributed by atoms with Gasteiger partial charge in [0.1, 0.15) is 11.5 Å². The van der Waals surface area contributed by atoms with Crippen LogP contribution in [-0.2, 0) is 6.42 Å². The molecule has 146 valence electrons. The molecule has 4 aromatic rings. The summed E-state index contributed by atoms with van der Waals surface area (Å²) in [5.41, 5.74) is 3.40. The summed E-state index contributed by atoms with van der Waals surface area (Å²) >= 11 is 3.37. The van der Waals surface area contributed by atoms with E-state index < -0.39 is 5.97 Å². The van der Waals surface area contributed by atoms with Gasteiger partial charge in [-0.3, -0.25) is 0 Å². The van der Waals surface area contributed by atoms with Crippen molar-refractivity contribution >= 4 is 32.8 Å². The molecule has 0 unspecified atom stereocenters. The van der Waals surface area contributed by atoms with Crippen LogP contribution in [0.5, 0.6) is 0 Å². The van der Waals surface area contributed by atoms with Gasteiger partial charge < -0.3 is 14.3 Å². The summed E-state index contributed by atoms with van der Waals surface area (Å²) in [5, 5.41) is 12.2. The number of benzene rings is 2. The summed E-state index contributed by atoms with van der Waals surface area (Å²) in [6, 6.07) is 18.8. The molecular formula is C24H19BrNO3-. The monoisotopic (exact) mass is 448 g/mol. The van der Waals surface area contributed by atoms with Gasteiger partial charge in [-0.05, 0) is 54.8 Å². The summed E-state index contributed by atoms with van der Waals surface area (Å²) in [4.78, 5) is 16.2. The largest absolute Gasteiger partial charge is 0.545 e. The third kappa shape index (κ3) is 4.10. The van der Waals surface area contributed by atoms with Crippen molar-refractivity contribution in [2.45, 2.75) is 26.2 Å². The minimum atomic E-state index is -1.24. The van der Waals surface area contributed by atoms with Gasteiger partial charge in [-0.1, -0.05) is 53.5 Å². The zero-order valence-corrected chi connectivity index (χ0v) is 17.5. The van der Waals surface area contributed by atoms with Crippen molar-refractivity contribution in [3.05, 3.63) is 76.3 Å². The maximum absolute atomic E-state index is 11.7. The molecule has 0 amide bonds. The Balaban J connectivity index is 1.70. The molecule has 29 heavy (non-hydrogen) atoms. The van der Waals surface area contributed by atoms with E-state index in [1.165, 1.54) is 24.5 Å². The average molecular weight is 449 g/mol. The highest BCUT2D eigenvalue weighted by atomic mass is 79.9. The molecule has 0 aliphatic carbocycles. The zero-order valence-electron chi connectivity index (χ0n) is 15.9. The number of halogens is 1. The molecule has 0 aliphatic heterocycles. The second-order valence-electron chi connectivity index (χ2n) is 6.97. The minimum Gasteiger partial charge on any atom is -0.545 e. The molecule has 0 bridgehead atoms. The number of carbonyl (C=O) groups excluding carboxylic acids is 1. The fourth-order valence-corrected chi connectivity index (χ4v) is 3.70. The van der Waals surface area contributed by atoms with E-state index in [0.717, 1.165) is 22.2 Å². The van der Waals surface area contributed by atoms with Crippen LogP contribution in [0.25, 0.3) is 33.7 Å². The molecule has 0 saturated carbocycles. The Bertz CT molecular complexity index is 1180. The number of furan rings is 1. The maximum atomic E-state index is 11.7. The fraction of sp³-hybridized carbons (Fsp3) is 0.167. The highest BCUT2D eigenvalue weighted by Gasteiger charge is 2.13. The first-order valence-corrected chi connectivity index (χ1v) is 10.4. The number of pyridine rings is 1. The first-order chi connectivity index (χ1) is 14.0. The number of carbonyl (C=O) groups is 1. The molecule has 2 heterocycles. The van der Waals surface area contributed by atoms with Crippen molar-refractivity contribution in [3.63, 3.8) is 0 Å². The Morgan fingerprint density at radius 3 is 2.52 bits per heavy atom. The molecular weight excluding hydrogens is 430 g/mol. The normalized spacial score (nSPS) is 11.1. The van der Waals surface area contributed by atoms with Gasteiger partial charge in [-0.15, -0.1) is 0 Å². The lowest BCUT2D eigenvalue weighted by atomic mass is 10.1. The number of fused-ring (bicyclic) bond motifs is 1. The van der Waals surface area contributed by atoms with Gasteiger partial charge in [-0.2, -0.15) is 0 Å². The van der Waals surface area contributed by atoms with Crippen LogP contribution < -0.4 is 5.11 Å². The lowest BCUT2D eigenvalue weighted by Gasteiger charge is -2.10.